The number of carbonyl (C=O) groups is 2. The quantitative estimate of drug-likeness (QED) is 0.867. The predicted octanol–water partition coefficient (Wildman–Crippen LogP) is 1.54. The summed E-state index contributed by atoms with van der Waals surface area (Å²) in [4.78, 5) is 29.8. The number of anilines is 1. The number of H-pyrrole nitrogens is 1. The summed E-state index contributed by atoms with van der Waals surface area (Å²) in [6, 6.07) is 7.36. The lowest BCUT2D eigenvalue weighted by Gasteiger charge is -2.16. The molecule has 1 N–H and O–H groups in total. The Morgan fingerprint density at radius 1 is 1.35 bits per heavy atom. The molecule has 0 unspecified atom stereocenters. The van der Waals surface area contributed by atoms with Crippen molar-refractivity contribution in [2.45, 2.75) is 23.8 Å². The maximum absolute atomic E-state index is 12.4. The fourth-order valence-corrected chi connectivity index (χ4v) is 3.06. The van der Waals surface area contributed by atoms with Gasteiger partial charge in [-0.15, -0.1) is 0 Å². The monoisotopic (exact) mass is 288 g/mol. The van der Waals surface area contributed by atoms with Crippen LogP contribution in [0.1, 0.15) is 12.0 Å². The van der Waals surface area contributed by atoms with E-state index in [1.807, 2.05) is 25.1 Å². The number of nitrogens with one attached hydrogen (secondary N) is 1. The second-order valence-electron chi connectivity index (χ2n) is 4.46. The van der Waals surface area contributed by atoms with Gasteiger partial charge in [0.2, 0.25) is 11.8 Å². The Balaban J connectivity index is 1.86. The highest BCUT2D eigenvalue weighted by Crippen LogP contribution is 2.33. The largest absolute Gasteiger partial charge is 0.274 e. The van der Waals surface area contributed by atoms with E-state index in [2.05, 4.69) is 15.2 Å². The summed E-state index contributed by atoms with van der Waals surface area (Å²) in [7, 11) is 0. The predicted molar refractivity (Wildman–Crippen MR) is 74.3 cm³/mol. The van der Waals surface area contributed by atoms with E-state index in [1.165, 1.54) is 23.0 Å². The van der Waals surface area contributed by atoms with Crippen LogP contribution in [-0.2, 0) is 9.59 Å². The van der Waals surface area contributed by atoms with Gasteiger partial charge in [0.05, 0.1) is 5.69 Å². The van der Waals surface area contributed by atoms with Crippen LogP contribution >= 0.6 is 11.8 Å². The number of imide groups is 1. The van der Waals surface area contributed by atoms with Crippen LogP contribution in [0, 0.1) is 6.92 Å². The highest BCUT2D eigenvalue weighted by atomic mass is 32.2. The van der Waals surface area contributed by atoms with E-state index in [0.29, 0.717) is 10.8 Å². The molecule has 0 aliphatic carbocycles. The van der Waals surface area contributed by atoms with Gasteiger partial charge in [-0.2, -0.15) is 5.10 Å². The van der Waals surface area contributed by atoms with Gasteiger partial charge in [0.1, 0.15) is 11.6 Å². The standard InChI is InChI=1S/C13H12N4O2S/c1-8-4-2-3-5-9(8)17-11(18)6-10(12(17)19)20-13-14-7-15-16-13/h2-5,7,10H,6H2,1H3,(H,14,15,16)/t10-/m0/s1. The van der Waals surface area contributed by atoms with Gasteiger partial charge in [-0.25, -0.2) is 9.88 Å². The van der Waals surface area contributed by atoms with E-state index in [4.69, 9.17) is 0 Å². The first kappa shape index (κ1) is 12.9. The number of hydrogen-bond donors (Lipinski definition) is 1. The summed E-state index contributed by atoms with van der Waals surface area (Å²) in [5, 5.41) is 6.51. The van der Waals surface area contributed by atoms with E-state index in [1.54, 1.807) is 6.07 Å². The molecular weight excluding hydrogens is 276 g/mol. The van der Waals surface area contributed by atoms with E-state index in [-0.39, 0.29) is 18.2 Å². The van der Waals surface area contributed by atoms with Crippen molar-refractivity contribution in [3.63, 3.8) is 0 Å². The molecule has 2 amide bonds. The van der Waals surface area contributed by atoms with Gasteiger partial charge in [-0.1, -0.05) is 30.0 Å². The number of carbonyl (C=O) groups excluding carboxylic acids is 2. The van der Waals surface area contributed by atoms with Crippen LogP contribution in [0.25, 0.3) is 0 Å². The number of aromatic nitrogens is 3. The van der Waals surface area contributed by atoms with E-state index < -0.39 is 5.25 Å². The van der Waals surface area contributed by atoms with Crippen LogP contribution in [-0.4, -0.2) is 32.2 Å². The number of para-hydroxylation sites is 1. The van der Waals surface area contributed by atoms with Gasteiger partial charge < -0.3 is 0 Å². The fraction of sp³-hybridized carbons (Fsp3) is 0.231. The van der Waals surface area contributed by atoms with Gasteiger partial charge in [-0.05, 0) is 18.6 Å². The molecule has 7 heteroatoms. The Labute approximate surface area is 119 Å². The zero-order chi connectivity index (χ0) is 14.1. The summed E-state index contributed by atoms with van der Waals surface area (Å²) in [6.45, 7) is 1.88. The van der Waals surface area contributed by atoms with E-state index in [0.717, 1.165) is 5.56 Å². The normalized spacial score (nSPS) is 18.9. The van der Waals surface area contributed by atoms with Crippen LogP contribution in [0.15, 0.2) is 35.7 Å². The second-order valence-corrected chi connectivity index (χ2v) is 5.65. The molecule has 102 valence electrons. The number of thioether (sulfide) groups is 1. The molecule has 1 aliphatic heterocycles. The van der Waals surface area contributed by atoms with Crippen LogP contribution in [0.2, 0.25) is 0 Å². The SMILES string of the molecule is Cc1ccccc1N1C(=O)C[C@H](Sc2ncn[nH]2)C1=O. The Kier molecular flexibility index (Phi) is 3.27. The smallest absolute Gasteiger partial charge is 0.247 e. The molecule has 0 radical (unpaired) electrons. The van der Waals surface area contributed by atoms with Gasteiger partial charge in [0.15, 0.2) is 5.16 Å². The number of nitrogens with zero attached hydrogens (tertiary/aromatic N) is 3. The van der Waals surface area contributed by atoms with Crippen LogP contribution in [0.3, 0.4) is 0 Å². The molecule has 1 aromatic heterocycles. The number of hydrogen-bond acceptors (Lipinski definition) is 5. The summed E-state index contributed by atoms with van der Waals surface area (Å²) in [5.74, 6) is -0.382. The highest BCUT2D eigenvalue weighted by molar-refractivity contribution is 8.00. The zero-order valence-electron chi connectivity index (χ0n) is 10.7. The first-order chi connectivity index (χ1) is 9.66. The van der Waals surface area contributed by atoms with Crippen LogP contribution < -0.4 is 4.90 Å². The molecule has 0 spiro atoms. The van der Waals surface area contributed by atoms with Gasteiger partial charge in [0.25, 0.3) is 0 Å². The molecule has 2 heterocycles. The molecule has 6 nitrogen and oxygen atoms in total. The first-order valence-corrected chi connectivity index (χ1v) is 6.99. The lowest BCUT2D eigenvalue weighted by Crippen LogP contribution is -2.31. The first-order valence-electron chi connectivity index (χ1n) is 6.11. The molecule has 1 aliphatic rings. The van der Waals surface area contributed by atoms with Crippen molar-refractivity contribution in [1.29, 1.82) is 0 Å². The minimum absolute atomic E-state index is 0.179. The lowest BCUT2D eigenvalue weighted by molar-refractivity contribution is -0.121. The van der Waals surface area contributed by atoms with E-state index >= 15 is 0 Å². The average Bonchev–Trinajstić information content (AvgIpc) is 3.01. The zero-order valence-corrected chi connectivity index (χ0v) is 11.6. The number of benzene rings is 1. The third kappa shape index (κ3) is 2.20. The van der Waals surface area contributed by atoms with Gasteiger partial charge in [-0.3, -0.25) is 14.7 Å². The molecule has 1 aromatic carbocycles. The van der Waals surface area contributed by atoms with Crippen molar-refractivity contribution in [1.82, 2.24) is 15.2 Å². The maximum Gasteiger partial charge on any atom is 0.247 e. The van der Waals surface area contributed by atoms with Crippen molar-refractivity contribution in [3.05, 3.63) is 36.2 Å². The number of amides is 2. The van der Waals surface area contributed by atoms with Crippen LogP contribution in [0.5, 0.6) is 0 Å². The Hall–Kier alpha value is -2.15. The van der Waals surface area contributed by atoms with Crippen molar-refractivity contribution in [2.24, 2.45) is 0 Å². The average molecular weight is 288 g/mol. The number of rotatable bonds is 3. The molecule has 1 atom stereocenters. The summed E-state index contributed by atoms with van der Waals surface area (Å²) >= 11 is 1.23. The third-order valence-electron chi connectivity index (χ3n) is 3.11. The molecule has 0 bridgehead atoms. The summed E-state index contributed by atoms with van der Waals surface area (Å²) in [6.07, 6.45) is 1.56. The maximum atomic E-state index is 12.4. The molecule has 1 saturated heterocycles. The Morgan fingerprint density at radius 2 is 2.15 bits per heavy atom. The van der Waals surface area contributed by atoms with Crippen LogP contribution in [0.4, 0.5) is 5.69 Å². The third-order valence-corrected chi connectivity index (χ3v) is 4.18. The fourth-order valence-electron chi connectivity index (χ4n) is 2.15. The minimum atomic E-state index is -0.449. The molecule has 0 saturated carbocycles. The minimum Gasteiger partial charge on any atom is -0.274 e. The van der Waals surface area contributed by atoms with E-state index in [9.17, 15) is 9.59 Å². The van der Waals surface area contributed by atoms with Gasteiger partial charge in [0, 0.05) is 6.42 Å². The van der Waals surface area contributed by atoms with Crippen molar-refractivity contribution < 1.29 is 9.59 Å². The Bertz CT molecular complexity index is 656. The molecule has 1 fully saturated rings. The second kappa shape index (κ2) is 5.09. The summed E-state index contributed by atoms with van der Waals surface area (Å²) < 4.78 is 0. The summed E-state index contributed by atoms with van der Waals surface area (Å²) in [5.41, 5.74) is 1.56. The number of aromatic amines is 1. The number of aryl methyl sites for hydroxylation is 1. The van der Waals surface area contributed by atoms with Crippen molar-refractivity contribution in [3.8, 4) is 0 Å². The highest BCUT2D eigenvalue weighted by Gasteiger charge is 2.41. The topological polar surface area (TPSA) is 79.0 Å². The Morgan fingerprint density at radius 3 is 2.85 bits per heavy atom. The van der Waals surface area contributed by atoms with Crippen molar-refractivity contribution >= 4 is 29.3 Å². The lowest BCUT2D eigenvalue weighted by atomic mass is 10.2. The van der Waals surface area contributed by atoms with Crippen molar-refractivity contribution in [2.75, 3.05) is 4.90 Å². The molecule has 2 aromatic rings. The molecular formula is C13H12N4O2S. The van der Waals surface area contributed by atoms with Gasteiger partial charge >= 0.3 is 0 Å². The molecule has 3 rings (SSSR count). The molecule has 20 heavy (non-hydrogen) atoms.